The van der Waals surface area contributed by atoms with Gasteiger partial charge in [0.25, 0.3) is 0 Å². The Morgan fingerprint density at radius 3 is 2.43 bits per heavy atom. The van der Waals surface area contributed by atoms with Crippen LogP contribution < -0.4 is 5.73 Å². The molecular weight excluding hydrogens is 181 g/mol. The summed E-state index contributed by atoms with van der Waals surface area (Å²) in [5, 5.41) is 0. The van der Waals surface area contributed by atoms with E-state index < -0.39 is 5.91 Å². The standard InChI is InChI=1S/C11H14FNO/c1-3-7-5-6-9(11(13)14)8(4-2)10(7)12/h5-6H,3-4H2,1-2H3,(H2,13,14). The summed E-state index contributed by atoms with van der Waals surface area (Å²) in [6, 6.07) is 3.22. The Kier molecular flexibility index (Phi) is 3.23. The van der Waals surface area contributed by atoms with E-state index in [1.807, 2.05) is 13.8 Å². The lowest BCUT2D eigenvalue weighted by Gasteiger charge is -2.08. The van der Waals surface area contributed by atoms with Crippen molar-refractivity contribution in [1.29, 1.82) is 0 Å². The van der Waals surface area contributed by atoms with Gasteiger partial charge >= 0.3 is 0 Å². The smallest absolute Gasteiger partial charge is 0.249 e. The topological polar surface area (TPSA) is 43.1 Å². The molecule has 3 heteroatoms. The van der Waals surface area contributed by atoms with E-state index in [9.17, 15) is 9.18 Å². The molecule has 0 radical (unpaired) electrons. The number of aryl methyl sites for hydroxylation is 1. The van der Waals surface area contributed by atoms with Gasteiger partial charge in [-0.1, -0.05) is 19.9 Å². The number of rotatable bonds is 3. The number of primary amides is 1. The molecule has 0 aliphatic carbocycles. The quantitative estimate of drug-likeness (QED) is 0.788. The SMILES string of the molecule is CCc1ccc(C(N)=O)c(CC)c1F. The molecule has 0 spiro atoms. The van der Waals surface area contributed by atoms with Crippen molar-refractivity contribution in [3.63, 3.8) is 0 Å². The first-order valence-corrected chi connectivity index (χ1v) is 4.71. The number of carbonyl (C=O) groups excluding carboxylic acids is 1. The molecule has 0 fully saturated rings. The van der Waals surface area contributed by atoms with Crippen LogP contribution in [-0.2, 0) is 12.8 Å². The molecule has 1 aromatic carbocycles. The molecule has 1 amide bonds. The number of amides is 1. The van der Waals surface area contributed by atoms with Gasteiger partial charge in [-0.15, -0.1) is 0 Å². The van der Waals surface area contributed by atoms with Crippen LogP contribution in [-0.4, -0.2) is 5.91 Å². The highest BCUT2D eigenvalue weighted by molar-refractivity contribution is 5.94. The average molecular weight is 195 g/mol. The second kappa shape index (κ2) is 4.22. The fourth-order valence-corrected chi connectivity index (χ4v) is 1.52. The summed E-state index contributed by atoms with van der Waals surface area (Å²) in [6.45, 7) is 3.69. The van der Waals surface area contributed by atoms with Gasteiger partial charge in [-0.05, 0) is 24.5 Å². The highest BCUT2D eigenvalue weighted by Crippen LogP contribution is 2.18. The number of halogens is 1. The van der Waals surface area contributed by atoms with E-state index >= 15 is 0 Å². The highest BCUT2D eigenvalue weighted by atomic mass is 19.1. The van der Waals surface area contributed by atoms with E-state index in [4.69, 9.17) is 5.73 Å². The molecule has 2 nitrogen and oxygen atoms in total. The van der Waals surface area contributed by atoms with Crippen LogP contribution >= 0.6 is 0 Å². The maximum absolute atomic E-state index is 13.7. The molecule has 0 saturated heterocycles. The summed E-state index contributed by atoms with van der Waals surface area (Å²) in [5.74, 6) is -0.852. The summed E-state index contributed by atoms with van der Waals surface area (Å²) in [6.07, 6.45) is 1.11. The molecule has 0 unspecified atom stereocenters. The summed E-state index contributed by atoms with van der Waals surface area (Å²) in [5.41, 5.74) is 6.50. The number of hydrogen-bond donors (Lipinski definition) is 1. The second-order valence-corrected chi connectivity index (χ2v) is 3.14. The number of carbonyl (C=O) groups is 1. The molecule has 76 valence electrons. The molecule has 0 heterocycles. The van der Waals surface area contributed by atoms with Gasteiger partial charge in [-0.2, -0.15) is 0 Å². The van der Waals surface area contributed by atoms with E-state index in [0.717, 1.165) is 0 Å². The largest absolute Gasteiger partial charge is 0.366 e. The van der Waals surface area contributed by atoms with Gasteiger partial charge in [0.1, 0.15) is 5.82 Å². The molecule has 14 heavy (non-hydrogen) atoms. The Morgan fingerprint density at radius 2 is 2.00 bits per heavy atom. The van der Waals surface area contributed by atoms with Gasteiger partial charge in [-0.25, -0.2) is 4.39 Å². The van der Waals surface area contributed by atoms with Gasteiger partial charge in [0.15, 0.2) is 0 Å². The third kappa shape index (κ3) is 1.76. The summed E-state index contributed by atoms with van der Waals surface area (Å²) in [7, 11) is 0. The normalized spacial score (nSPS) is 10.2. The van der Waals surface area contributed by atoms with Crippen molar-refractivity contribution in [1.82, 2.24) is 0 Å². The minimum absolute atomic E-state index is 0.286. The lowest BCUT2D eigenvalue weighted by molar-refractivity contribution is 0.0999. The first-order valence-electron chi connectivity index (χ1n) is 4.71. The molecular formula is C11H14FNO. The summed E-state index contributed by atoms with van der Waals surface area (Å²) < 4.78 is 13.7. The van der Waals surface area contributed by atoms with E-state index in [1.165, 1.54) is 0 Å². The van der Waals surface area contributed by atoms with E-state index in [0.29, 0.717) is 29.5 Å². The van der Waals surface area contributed by atoms with Crippen LogP contribution in [0.3, 0.4) is 0 Å². The van der Waals surface area contributed by atoms with Crippen molar-refractivity contribution in [3.05, 3.63) is 34.6 Å². The van der Waals surface area contributed by atoms with Crippen LogP contribution in [0, 0.1) is 5.82 Å². The van der Waals surface area contributed by atoms with Crippen LogP contribution in [0.2, 0.25) is 0 Å². The predicted octanol–water partition coefficient (Wildman–Crippen LogP) is 2.05. The van der Waals surface area contributed by atoms with Crippen molar-refractivity contribution in [3.8, 4) is 0 Å². The highest BCUT2D eigenvalue weighted by Gasteiger charge is 2.13. The third-order valence-electron chi connectivity index (χ3n) is 2.32. The number of hydrogen-bond acceptors (Lipinski definition) is 1. The fourth-order valence-electron chi connectivity index (χ4n) is 1.52. The van der Waals surface area contributed by atoms with Crippen molar-refractivity contribution in [2.75, 3.05) is 0 Å². The molecule has 0 saturated carbocycles. The zero-order valence-electron chi connectivity index (χ0n) is 8.43. The van der Waals surface area contributed by atoms with E-state index in [-0.39, 0.29) is 5.82 Å². The molecule has 2 N–H and O–H groups in total. The van der Waals surface area contributed by atoms with Gasteiger partial charge in [0.05, 0.1) is 0 Å². The number of nitrogens with two attached hydrogens (primary N) is 1. The van der Waals surface area contributed by atoms with Gasteiger partial charge in [0.2, 0.25) is 5.91 Å². The van der Waals surface area contributed by atoms with Crippen LogP contribution in [0.5, 0.6) is 0 Å². The lowest BCUT2D eigenvalue weighted by atomic mass is 9.99. The van der Waals surface area contributed by atoms with Crippen molar-refractivity contribution in [2.45, 2.75) is 26.7 Å². The summed E-state index contributed by atoms with van der Waals surface area (Å²) >= 11 is 0. The first-order chi connectivity index (χ1) is 6.61. The van der Waals surface area contributed by atoms with Crippen LogP contribution in [0.25, 0.3) is 0 Å². The fraction of sp³-hybridized carbons (Fsp3) is 0.364. The third-order valence-corrected chi connectivity index (χ3v) is 2.32. The van der Waals surface area contributed by atoms with Gasteiger partial charge < -0.3 is 5.73 Å². The molecule has 0 atom stereocenters. The minimum atomic E-state index is -0.566. The van der Waals surface area contributed by atoms with Gasteiger partial charge in [-0.3, -0.25) is 4.79 Å². The maximum atomic E-state index is 13.7. The van der Waals surface area contributed by atoms with E-state index in [1.54, 1.807) is 12.1 Å². The Bertz CT molecular complexity index is 361. The zero-order chi connectivity index (χ0) is 10.7. The molecule has 1 rings (SSSR count). The Hall–Kier alpha value is -1.38. The number of benzene rings is 1. The minimum Gasteiger partial charge on any atom is -0.366 e. The first kappa shape index (κ1) is 10.7. The Balaban J connectivity index is 3.35. The molecule has 0 aliphatic heterocycles. The van der Waals surface area contributed by atoms with Crippen LogP contribution in [0.1, 0.15) is 35.3 Å². The maximum Gasteiger partial charge on any atom is 0.249 e. The summed E-state index contributed by atoms with van der Waals surface area (Å²) in [4.78, 5) is 11.0. The van der Waals surface area contributed by atoms with Crippen molar-refractivity contribution >= 4 is 5.91 Å². The average Bonchev–Trinajstić information content (AvgIpc) is 2.17. The molecule has 0 aliphatic rings. The van der Waals surface area contributed by atoms with Gasteiger partial charge in [0, 0.05) is 11.1 Å². The monoisotopic (exact) mass is 195 g/mol. The lowest BCUT2D eigenvalue weighted by Crippen LogP contribution is -2.15. The zero-order valence-corrected chi connectivity index (χ0v) is 8.43. The molecule has 0 bridgehead atoms. The van der Waals surface area contributed by atoms with Crippen LogP contribution in [0.4, 0.5) is 4.39 Å². The Morgan fingerprint density at radius 1 is 1.36 bits per heavy atom. The van der Waals surface area contributed by atoms with E-state index in [2.05, 4.69) is 0 Å². The Labute approximate surface area is 82.9 Å². The second-order valence-electron chi connectivity index (χ2n) is 3.14. The molecule has 1 aromatic rings. The predicted molar refractivity (Wildman–Crippen MR) is 53.7 cm³/mol. The van der Waals surface area contributed by atoms with Crippen molar-refractivity contribution in [2.24, 2.45) is 5.73 Å². The van der Waals surface area contributed by atoms with Crippen molar-refractivity contribution < 1.29 is 9.18 Å². The van der Waals surface area contributed by atoms with Crippen LogP contribution in [0.15, 0.2) is 12.1 Å². The molecule has 0 aromatic heterocycles.